The van der Waals surface area contributed by atoms with Crippen LogP contribution in [0.5, 0.6) is 0 Å². The monoisotopic (exact) mass is 241 g/mol. The second-order valence-corrected chi connectivity index (χ2v) is 4.75. The van der Waals surface area contributed by atoms with Gasteiger partial charge in [-0.2, -0.15) is 0 Å². The maximum atomic E-state index is 12.6. The number of para-hydroxylation sites is 1. The Balaban J connectivity index is 2.03. The fourth-order valence-corrected chi connectivity index (χ4v) is 2.61. The summed E-state index contributed by atoms with van der Waals surface area (Å²) < 4.78 is 5.22. The van der Waals surface area contributed by atoms with Crippen LogP contribution in [0, 0.1) is 6.92 Å². The van der Waals surface area contributed by atoms with E-state index in [-0.39, 0.29) is 11.9 Å². The molecule has 1 aliphatic heterocycles. The largest absolute Gasteiger partial charge is 0.469 e. The summed E-state index contributed by atoms with van der Waals surface area (Å²) in [5.74, 6) is 0.704. The maximum Gasteiger partial charge on any atom is 0.262 e. The van der Waals surface area contributed by atoms with E-state index in [0.29, 0.717) is 11.3 Å². The fraction of sp³-hybridized carbons (Fsp3) is 0.267. The van der Waals surface area contributed by atoms with Gasteiger partial charge in [-0.1, -0.05) is 18.2 Å². The number of furan rings is 1. The third-order valence-electron chi connectivity index (χ3n) is 3.52. The molecule has 18 heavy (non-hydrogen) atoms. The third-order valence-corrected chi connectivity index (χ3v) is 3.52. The van der Waals surface area contributed by atoms with Crippen LogP contribution in [-0.4, -0.2) is 11.9 Å². The van der Waals surface area contributed by atoms with E-state index >= 15 is 0 Å². The van der Waals surface area contributed by atoms with Gasteiger partial charge in [0.1, 0.15) is 5.76 Å². The summed E-state index contributed by atoms with van der Waals surface area (Å²) in [4.78, 5) is 14.4. The maximum absolute atomic E-state index is 12.6. The van der Waals surface area contributed by atoms with Gasteiger partial charge in [-0.3, -0.25) is 4.79 Å². The minimum atomic E-state index is 0.0266. The van der Waals surface area contributed by atoms with Gasteiger partial charge in [-0.05, 0) is 38.0 Å². The Morgan fingerprint density at radius 2 is 2.11 bits per heavy atom. The first-order valence-electron chi connectivity index (χ1n) is 6.14. The minimum Gasteiger partial charge on any atom is -0.469 e. The third kappa shape index (κ3) is 1.55. The first-order valence-corrected chi connectivity index (χ1v) is 6.14. The molecule has 0 N–H and O–H groups in total. The molecule has 3 rings (SSSR count). The van der Waals surface area contributed by atoms with E-state index in [1.54, 1.807) is 12.3 Å². The van der Waals surface area contributed by atoms with Crippen LogP contribution in [-0.2, 0) is 6.42 Å². The number of carbonyl (C=O) groups excluding carboxylic acids is 1. The highest BCUT2D eigenvalue weighted by Gasteiger charge is 2.32. The molecular weight excluding hydrogens is 226 g/mol. The quantitative estimate of drug-likeness (QED) is 0.768. The summed E-state index contributed by atoms with van der Waals surface area (Å²) in [6.45, 7) is 3.90. The highest BCUT2D eigenvalue weighted by atomic mass is 16.3. The molecule has 0 saturated carbocycles. The van der Waals surface area contributed by atoms with Crippen molar-refractivity contribution >= 4 is 11.6 Å². The lowest BCUT2D eigenvalue weighted by atomic mass is 10.1. The van der Waals surface area contributed by atoms with Gasteiger partial charge in [0, 0.05) is 11.7 Å². The molecule has 1 unspecified atom stereocenters. The predicted octanol–water partition coefficient (Wildman–Crippen LogP) is 3.18. The minimum absolute atomic E-state index is 0.0266. The molecule has 1 atom stereocenters. The first kappa shape index (κ1) is 11.1. The summed E-state index contributed by atoms with van der Waals surface area (Å²) >= 11 is 0. The molecule has 0 spiro atoms. The van der Waals surface area contributed by atoms with Crippen molar-refractivity contribution < 1.29 is 9.21 Å². The van der Waals surface area contributed by atoms with Crippen molar-refractivity contribution in [3.8, 4) is 0 Å². The summed E-state index contributed by atoms with van der Waals surface area (Å²) in [5, 5.41) is 0. The molecule has 0 fully saturated rings. The summed E-state index contributed by atoms with van der Waals surface area (Å²) in [6.07, 6.45) is 2.48. The van der Waals surface area contributed by atoms with E-state index in [4.69, 9.17) is 4.42 Å². The van der Waals surface area contributed by atoms with Gasteiger partial charge in [0.15, 0.2) is 0 Å². The molecule has 92 valence electrons. The van der Waals surface area contributed by atoms with Crippen molar-refractivity contribution in [2.24, 2.45) is 0 Å². The fourth-order valence-electron chi connectivity index (χ4n) is 2.61. The molecular formula is C15H15NO2. The van der Waals surface area contributed by atoms with Crippen LogP contribution < -0.4 is 4.90 Å². The normalized spacial score (nSPS) is 17.9. The van der Waals surface area contributed by atoms with Crippen LogP contribution in [0.15, 0.2) is 41.0 Å². The van der Waals surface area contributed by atoms with E-state index in [1.165, 1.54) is 5.56 Å². The van der Waals surface area contributed by atoms with E-state index in [1.807, 2.05) is 30.0 Å². The Hall–Kier alpha value is -2.03. The molecule has 0 bridgehead atoms. The number of benzene rings is 1. The Morgan fingerprint density at radius 1 is 1.33 bits per heavy atom. The van der Waals surface area contributed by atoms with Gasteiger partial charge < -0.3 is 9.32 Å². The lowest BCUT2D eigenvalue weighted by molar-refractivity contribution is 0.0980. The van der Waals surface area contributed by atoms with E-state index < -0.39 is 0 Å². The number of anilines is 1. The first-order chi connectivity index (χ1) is 8.68. The number of fused-ring (bicyclic) bond motifs is 1. The highest BCUT2D eigenvalue weighted by molar-refractivity contribution is 6.08. The SMILES string of the molecule is Cc1occc1C(=O)N1c2ccccc2CC1C. The van der Waals surface area contributed by atoms with Crippen LogP contribution >= 0.6 is 0 Å². The van der Waals surface area contributed by atoms with Crippen LogP contribution in [0.1, 0.15) is 28.6 Å². The summed E-state index contributed by atoms with van der Waals surface area (Å²) in [7, 11) is 0. The second-order valence-electron chi connectivity index (χ2n) is 4.75. The number of amides is 1. The molecule has 0 radical (unpaired) electrons. The molecule has 1 aromatic carbocycles. The van der Waals surface area contributed by atoms with Crippen LogP contribution in [0.4, 0.5) is 5.69 Å². The average molecular weight is 241 g/mol. The lowest BCUT2D eigenvalue weighted by Crippen LogP contribution is -2.35. The van der Waals surface area contributed by atoms with Gasteiger partial charge >= 0.3 is 0 Å². The molecule has 1 amide bonds. The molecule has 0 saturated heterocycles. The summed E-state index contributed by atoms with van der Waals surface area (Å²) in [5.41, 5.74) is 2.91. The van der Waals surface area contributed by atoms with Gasteiger partial charge in [-0.15, -0.1) is 0 Å². The lowest BCUT2D eigenvalue weighted by Gasteiger charge is -2.22. The van der Waals surface area contributed by atoms with Crippen molar-refractivity contribution in [3.63, 3.8) is 0 Å². The zero-order valence-electron chi connectivity index (χ0n) is 10.5. The highest BCUT2D eigenvalue weighted by Crippen LogP contribution is 2.33. The Labute approximate surface area is 106 Å². The number of hydrogen-bond acceptors (Lipinski definition) is 2. The standard InChI is InChI=1S/C15H15NO2/c1-10-9-12-5-3-4-6-14(12)16(10)15(17)13-7-8-18-11(13)2/h3-8,10H,9H2,1-2H3. The molecule has 3 nitrogen and oxygen atoms in total. The van der Waals surface area contributed by atoms with E-state index in [2.05, 4.69) is 13.0 Å². The molecule has 3 heteroatoms. The van der Waals surface area contributed by atoms with Gasteiger partial charge in [-0.25, -0.2) is 0 Å². The van der Waals surface area contributed by atoms with E-state index in [0.717, 1.165) is 12.1 Å². The van der Waals surface area contributed by atoms with Crippen molar-refractivity contribution in [2.45, 2.75) is 26.3 Å². The van der Waals surface area contributed by atoms with Crippen LogP contribution in [0.2, 0.25) is 0 Å². The number of hydrogen-bond donors (Lipinski definition) is 0. The number of nitrogens with zero attached hydrogens (tertiary/aromatic N) is 1. The molecule has 2 heterocycles. The van der Waals surface area contributed by atoms with Gasteiger partial charge in [0.25, 0.3) is 5.91 Å². The summed E-state index contributed by atoms with van der Waals surface area (Å²) in [6, 6.07) is 10.0. The number of rotatable bonds is 1. The van der Waals surface area contributed by atoms with E-state index in [9.17, 15) is 4.79 Å². The topological polar surface area (TPSA) is 33.5 Å². The van der Waals surface area contributed by atoms with Crippen molar-refractivity contribution in [2.75, 3.05) is 4.90 Å². The predicted molar refractivity (Wildman–Crippen MR) is 69.9 cm³/mol. The zero-order valence-corrected chi connectivity index (χ0v) is 10.5. The number of aryl methyl sites for hydroxylation is 1. The van der Waals surface area contributed by atoms with Gasteiger partial charge in [0.05, 0.1) is 11.8 Å². The molecule has 1 aromatic heterocycles. The van der Waals surface area contributed by atoms with Crippen molar-refractivity contribution in [3.05, 3.63) is 53.5 Å². The van der Waals surface area contributed by atoms with Crippen LogP contribution in [0.3, 0.4) is 0 Å². The number of carbonyl (C=O) groups is 1. The van der Waals surface area contributed by atoms with Crippen molar-refractivity contribution in [1.29, 1.82) is 0 Å². The molecule has 1 aliphatic rings. The second kappa shape index (κ2) is 4.02. The van der Waals surface area contributed by atoms with Gasteiger partial charge in [0.2, 0.25) is 0 Å². The Bertz CT molecular complexity index is 600. The Kier molecular flexibility index (Phi) is 2.47. The smallest absolute Gasteiger partial charge is 0.262 e. The van der Waals surface area contributed by atoms with Crippen LogP contribution in [0.25, 0.3) is 0 Å². The molecule has 2 aromatic rings. The Morgan fingerprint density at radius 3 is 2.83 bits per heavy atom. The molecule has 0 aliphatic carbocycles. The van der Waals surface area contributed by atoms with Crippen molar-refractivity contribution in [1.82, 2.24) is 0 Å². The zero-order chi connectivity index (χ0) is 12.7. The average Bonchev–Trinajstić information content (AvgIpc) is 2.91.